The number of anilines is 1. The van der Waals surface area contributed by atoms with E-state index in [-0.39, 0.29) is 38.0 Å². The number of nitrogens with zero attached hydrogens (tertiary/aromatic N) is 4. The van der Waals surface area contributed by atoms with E-state index in [2.05, 4.69) is 15.4 Å². The van der Waals surface area contributed by atoms with Gasteiger partial charge < -0.3 is 20.2 Å². The molecule has 12 nitrogen and oxygen atoms in total. The van der Waals surface area contributed by atoms with Crippen molar-refractivity contribution in [2.75, 3.05) is 12.4 Å². The molecule has 0 saturated carbocycles. The number of thiophene rings is 1. The molecule has 0 fully saturated rings. The largest absolute Gasteiger partial charge is 0.475 e. The van der Waals surface area contributed by atoms with Crippen molar-refractivity contribution in [1.29, 1.82) is 0 Å². The quantitative estimate of drug-likeness (QED) is 0.268. The summed E-state index contributed by atoms with van der Waals surface area (Å²) in [5.74, 6) is -1.74. The number of nitrogens with one attached hydrogen (secondary N) is 1. The minimum atomic E-state index is -2.91. The molecular formula is C20H16F2N6O6S. The number of amides is 2. The van der Waals surface area contributed by atoms with Gasteiger partial charge in [-0.15, -0.1) is 16.4 Å². The maximum absolute atomic E-state index is 13.5. The Balaban J connectivity index is 1.83. The molecule has 1 atom stereocenters. The molecule has 182 valence electrons. The van der Waals surface area contributed by atoms with Crippen LogP contribution in [0.15, 0.2) is 35.1 Å². The Bertz CT molecular complexity index is 1450. The molecule has 0 bridgehead atoms. The standard InChI is InChI=1S/C20H16F2N6O6S/c1-8(27-7-11(28(31)32)19(26-27)33-2)18(30)25-14-13-9(12-4-3-5-34-12)6-10(16(21)22)24-20(13)35-15(14)17(23)29/h3-8,16H,1-2H3,(H2,23,29)(H,25,30). The Morgan fingerprint density at radius 1 is 1.40 bits per heavy atom. The molecule has 0 radical (unpaired) electrons. The number of methoxy groups -OCH3 is 1. The lowest BCUT2D eigenvalue weighted by Gasteiger charge is -2.14. The fraction of sp³-hybridized carbons (Fsp3) is 0.200. The van der Waals surface area contributed by atoms with Crippen molar-refractivity contribution in [2.45, 2.75) is 19.4 Å². The molecule has 1 unspecified atom stereocenters. The molecule has 15 heteroatoms. The highest BCUT2D eigenvalue weighted by Gasteiger charge is 2.29. The highest BCUT2D eigenvalue weighted by molar-refractivity contribution is 7.21. The molecule has 0 spiro atoms. The van der Waals surface area contributed by atoms with E-state index in [1.54, 1.807) is 6.07 Å². The summed E-state index contributed by atoms with van der Waals surface area (Å²) in [6, 6.07) is 3.07. The summed E-state index contributed by atoms with van der Waals surface area (Å²) in [4.78, 5) is 39.5. The number of nitro groups is 1. The fourth-order valence-corrected chi connectivity index (χ4v) is 4.34. The lowest BCUT2D eigenvalue weighted by atomic mass is 10.1. The summed E-state index contributed by atoms with van der Waals surface area (Å²) in [7, 11) is 1.19. The van der Waals surface area contributed by atoms with Crippen LogP contribution in [0.2, 0.25) is 0 Å². The van der Waals surface area contributed by atoms with E-state index in [9.17, 15) is 28.5 Å². The van der Waals surface area contributed by atoms with Crippen LogP contribution in [-0.2, 0) is 4.79 Å². The fourth-order valence-electron chi connectivity index (χ4n) is 3.33. The minimum absolute atomic E-state index is 0.0300. The van der Waals surface area contributed by atoms with Crippen molar-refractivity contribution in [3.8, 4) is 17.2 Å². The molecule has 0 saturated heterocycles. The number of halogens is 2. The Morgan fingerprint density at radius 3 is 2.69 bits per heavy atom. The molecule has 4 aromatic rings. The number of carbonyl (C=O) groups is 2. The monoisotopic (exact) mass is 506 g/mol. The zero-order valence-electron chi connectivity index (χ0n) is 18.0. The van der Waals surface area contributed by atoms with E-state index in [4.69, 9.17) is 14.9 Å². The normalized spacial score (nSPS) is 12.1. The third kappa shape index (κ3) is 4.28. The van der Waals surface area contributed by atoms with Gasteiger partial charge in [-0.1, -0.05) is 0 Å². The summed E-state index contributed by atoms with van der Waals surface area (Å²) in [5, 5.41) is 17.8. The van der Waals surface area contributed by atoms with Gasteiger partial charge in [-0.2, -0.15) is 0 Å². The second-order valence-corrected chi connectivity index (χ2v) is 8.15. The van der Waals surface area contributed by atoms with Crippen LogP contribution in [0.5, 0.6) is 5.88 Å². The van der Waals surface area contributed by atoms with Crippen molar-refractivity contribution in [2.24, 2.45) is 5.73 Å². The maximum Gasteiger partial charge on any atom is 0.350 e. The number of furan rings is 1. The predicted octanol–water partition coefficient (Wildman–Crippen LogP) is 3.91. The molecule has 4 rings (SSSR count). The summed E-state index contributed by atoms with van der Waals surface area (Å²) in [6.07, 6.45) is -0.548. The first-order valence-corrected chi connectivity index (χ1v) is 10.6. The highest BCUT2D eigenvalue weighted by Crippen LogP contribution is 2.42. The molecule has 0 aliphatic rings. The number of pyridine rings is 1. The van der Waals surface area contributed by atoms with E-state index < -0.39 is 40.6 Å². The number of nitrogens with two attached hydrogens (primary N) is 1. The maximum atomic E-state index is 13.5. The first kappa shape index (κ1) is 23.7. The molecule has 3 N–H and O–H groups in total. The number of ether oxygens (including phenoxy) is 1. The van der Waals surface area contributed by atoms with Crippen molar-refractivity contribution in [1.82, 2.24) is 14.8 Å². The average Bonchev–Trinajstić information content (AvgIpc) is 3.56. The second kappa shape index (κ2) is 9.09. The molecule has 0 aliphatic carbocycles. The summed E-state index contributed by atoms with van der Waals surface area (Å²) in [5.41, 5.74) is 4.60. The summed E-state index contributed by atoms with van der Waals surface area (Å²) >= 11 is 0.732. The average molecular weight is 506 g/mol. The van der Waals surface area contributed by atoms with Gasteiger partial charge in [-0.3, -0.25) is 19.7 Å². The van der Waals surface area contributed by atoms with Crippen LogP contribution in [-0.4, -0.2) is 38.6 Å². The molecule has 0 aromatic carbocycles. The number of alkyl halides is 2. The van der Waals surface area contributed by atoms with Crippen LogP contribution in [0.3, 0.4) is 0 Å². The summed E-state index contributed by atoms with van der Waals surface area (Å²) < 4.78 is 38.2. The van der Waals surface area contributed by atoms with Gasteiger partial charge >= 0.3 is 11.6 Å². The van der Waals surface area contributed by atoms with Crippen molar-refractivity contribution >= 4 is 44.7 Å². The van der Waals surface area contributed by atoms with Gasteiger partial charge in [-0.25, -0.2) is 18.4 Å². The van der Waals surface area contributed by atoms with Gasteiger partial charge in [0.25, 0.3) is 12.3 Å². The Labute approximate surface area is 198 Å². The van der Waals surface area contributed by atoms with E-state index in [0.717, 1.165) is 28.3 Å². The van der Waals surface area contributed by atoms with Crippen LogP contribution in [0.25, 0.3) is 21.5 Å². The number of hydrogen-bond donors (Lipinski definition) is 2. The Hall–Kier alpha value is -4.40. The van der Waals surface area contributed by atoms with Crippen LogP contribution >= 0.6 is 11.3 Å². The third-order valence-electron chi connectivity index (χ3n) is 5.01. The zero-order valence-corrected chi connectivity index (χ0v) is 18.8. The SMILES string of the molecule is COc1nn(C(C)C(=O)Nc2c(C(N)=O)sc3nc(C(F)F)cc(-c4ccco4)c23)cc1[N+](=O)[O-]. The van der Waals surface area contributed by atoms with Gasteiger partial charge in [0.05, 0.1) is 24.0 Å². The van der Waals surface area contributed by atoms with Crippen molar-refractivity contribution in [3.63, 3.8) is 0 Å². The zero-order chi connectivity index (χ0) is 25.4. The van der Waals surface area contributed by atoms with Crippen molar-refractivity contribution in [3.05, 3.63) is 51.3 Å². The van der Waals surface area contributed by atoms with Gasteiger partial charge in [-0.05, 0) is 25.1 Å². The lowest BCUT2D eigenvalue weighted by molar-refractivity contribution is -0.385. The number of hydrogen-bond acceptors (Lipinski definition) is 9. The highest BCUT2D eigenvalue weighted by atomic mass is 32.1. The van der Waals surface area contributed by atoms with Crippen LogP contribution < -0.4 is 15.8 Å². The number of aromatic nitrogens is 3. The molecular weight excluding hydrogens is 490 g/mol. The Kier molecular flexibility index (Phi) is 6.17. The van der Waals surface area contributed by atoms with E-state index in [0.29, 0.717) is 0 Å². The summed E-state index contributed by atoms with van der Waals surface area (Å²) in [6.45, 7) is 1.41. The van der Waals surface area contributed by atoms with Gasteiger partial charge in [0.1, 0.15) is 33.4 Å². The number of carbonyl (C=O) groups excluding carboxylic acids is 2. The number of primary amides is 1. The van der Waals surface area contributed by atoms with Gasteiger partial charge in [0, 0.05) is 10.9 Å². The van der Waals surface area contributed by atoms with Crippen molar-refractivity contribution < 1.29 is 32.4 Å². The smallest absolute Gasteiger partial charge is 0.350 e. The molecule has 2 amide bonds. The first-order chi connectivity index (χ1) is 16.6. The van der Waals surface area contributed by atoms with Crippen LogP contribution in [0, 0.1) is 10.1 Å². The van der Waals surface area contributed by atoms with E-state index in [1.807, 2.05) is 0 Å². The topological polar surface area (TPSA) is 168 Å². The Morgan fingerprint density at radius 2 is 2.14 bits per heavy atom. The second-order valence-electron chi connectivity index (χ2n) is 7.15. The molecule has 35 heavy (non-hydrogen) atoms. The molecule has 4 heterocycles. The molecule has 4 aromatic heterocycles. The van der Waals surface area contributed by atoms with Crippen LogP contribution in [0.4, 0.5) is 20.2 Å². The van der Waals surface area contributed by atoms with Gasteiger partial charge in [0.15, 0.2) is 0 Å². The minimum Gasteiger partial charge on any atom is -0.475 e. The van der Waals surface area contributed by atoms with Crippen LogP contribution in [0.1, 0.15) is 34.8 Å². The third-order valence-corrected chi connectivity index (χ3v) is 6.11. The van der Waals surface area contributed by atoms with E-state index in [1.165, 1.54) is 26.4 Å². The predicted molar refractivity (Wildman–Crippen MR) is 120 cm³/mol. The lowest BCUT2D eigenvalue weighted by Crippen LogP contribution is -2.25. The first-order valence-electron chi connectivity index (χ1n) is 9.80. The number of rotatable bonds is 8. The van der Waals surface area contributed by atoms with E-state index >= 15 is 0 Å². The number of fused-ring (bicyclic) bond motifs is 1. The van der Waals surface area contributed by atoms with Gasteiger partial charge in [0.2, 0.25) is 5.91 Å². The molecule has 0 aliphatic heterocycles.